The van der Waals surface area contributed by atoms with Crippen LogP contribution in [0.4, 0.5) is 5.69 Å². The molecule has 2 nitrogen and oxygen atoms in total. The predicted octanol–water partition coefficient (Wildman–Crippen LogP) is 3.82. The number of hydrogen-bond acceptors (Lipinski definition) is 2. The van der Waals surface area contributed by atoms with Crippen molar-refractivity contribution in [1.82, 2.24) is 4.98 Å². The first-order valence-corrected chi connectivity index (χ1v) is 4.94. The molecule has 0 aliphatic rings. The highest BCUT2D eigenvalue weighted by Crippen LogP contribution is 2.13. The van der Waals surface area contributed by atoms with Gasteiger partial charge in [-0.1, -0.05) is 41.9 Å². The number of hydrogen-bond donors (Lipinski definition) is 0. The van der Waals surface area contributed by atoms with Gasteiger partial charge >= 0.3 is 0 Å². The molecule has 0 N–H and O–H groups in total. The summed E-state index contributed by atoms with van der Waals surface area (Å²) in [6.45, 7) is 0. The van der Waals surface area contributed by atoms with Gasteiger partial charge in [-0.3, -0.25) is 4.98 Å². The standard InChI is InChI=1S/C12H9ClN2.ClH/c13-12(10-5-2-1-3-6-10)15-11-7-4-8-14-9-11;/h1-9H;1H. The molecule has 1 aromatic heterocycles. The molecule has 1 heterocycles. The van der Waals surface area contributed by atoms with E-state index in [-0.39, 0.29) is 12.4 Å². The van der Waals surface area contributed by atoms with Crippen molar-refractivity contribution in [2.45, 2.75) is 0 Å². The number of aliphatic imine (C=N–C) groups is 1. The van der Waals surface area contributed by atoms with Crippen LogP contribution in [0.1, 0.15) is 5.56 Å². The zero-order valence-electron chi connectivity index (χ0n) is 8.38. The second kappa shape index (κ2) is 6.26. The van der Waals surface area contributed by atoms with Gasteiger partial charge in [0.2, 0.25) is 0 Å². The maximum absolute atomic E-state index is 6.06. The smallest absolute Gasteiger partial charge is 0.137 e. The maximum atomic E-state index is 6.06. The van der Waals surface area contributed by atoms with E-state index in [2.05, 4.69) is 9.98 Å². The highest BCUT2D eigenvalue weighted by Gasteiger charge is 1.98. The van der Waals surface area contributed by atoms with Crippen LogP contribution in [0.3, 0.4) is 0 Å². The van der Waals surface area contributed by atoms with Gasteiger partial charge in [-0.2, -0.15) is 0 Å². The van der Waals surface area contributed by atoms with E-state index in [0.717, 1.165) is 11.3 Å². The van der Waals surface area contributed by atoms with Crippen LogP contribution < -0.4 is 0 Å². The van der Waals surface area contributed by atoms with Gasteiger partial charge in [-0.25, -0.2) is 4.99 Å². The topological polar surface area (TPSA) is 25.2 Å². The maximum Gasteiger partial charge on any atom is 0.137 e. The quantitative estimate of drug-likeness (QED) is 0.747. The summed E-state index contributed by atoms with van der Waals surface area (Å²) in [6.07, 6.45) is 3.38. The molecule has 16 heavy (non-hydrogen) atoms. The summed E-state index contributed by atoms with van der Waals surface area (Å²) >= 11 is 6.06. The highest BCUT2D eigenvalue weighted by molar-refractivity contribution is 6.69. The third kappa shape index (κ3) is 3.33. The molecule has 0 bridgehead atoms. The molecule has 1 aromatic carbocycles. The number of halogens is 2. The summed E-state index contributed by atoms with van der Waals surface area (Å²) in [5.41, 5.74) is 1.66. The van der Waals surface area contributed by atoms with Gasteiger partial charge in [0.25, 0.3) is 0 Å². The Balaban J connectivity index is 0.00000128. The molecular weight excluding hydrogens is 243 g/mol. The normalized spacial score (nSPS) is 10.7. The lowest BCUT2D eigenvalue weighted by molar-refractivity contribution is 1.31. The number of aromatic nitrogens is 1. The fourth-order valence-electron chi connectivity index (χ4n) is 1.17. The summed E-state index contributed by atoms with van der Waals surface area (Å²) in [6, 6.07) is 13.3. The van der Waals surface area contributed by atoms with Crippen molar-refractivity contribution in [1.29, 1.82) is 0 Å². The summed E-state index contributed by atoms with van der Waals surface area (Å²) < 4.78 is 0. The molecule has 0 atom stereocenters. The van der Waals surface area contributed by atoms with Crippen LogP contribution in [0.15, 0.2) is 59.9 Å². The molecule has 0 spiro atoms. The number of benzene rings is 1. The minimum absolute atomic E-state index is 0. The van der Waals surface area contributed by atoms with Crippen LogP contribution in [0, 0.1) is 0 Å². The van der Waals surface area contributed by atoms with E-state index in [1.54, 1.807) is 12.4 Å². The molecule has 0 aliphatic carbocycles. The minimum Gasteiger partial charge on any atom is -0.262 e. The zero-order chi connectivity index (χ0) is 10.5. The van der Waals surface area contributed by atoms with E-state index in [1.165, 1.54) is 0 Å². The lowest BCUT2D eigenvalue weighted by Gasteiger charge is -1.97. The third-order valence-corrected chi connectivity index (χ3v) is 2.19. The van der Waals surface area contributed by atoms with Crippen LogP contribution in [0.5, 0.6) is 0 Å². The molecule has 0 saturated carbocycles. The summed E-state index contributed by atoms with van der Waals surface area (Å²) in [5.74, 6) is 0. The SMILES string of the molecule is Cl.ClC(=Nc1cccnc1)c1ccccc1. The molecule has 82 valence electrons. The van der Waals surface area contributed by atoms with Gasteiger partial charge in [0.05, 0.1) is 11.9 Å². The molecule has 4 heteroatoms. The van der Waals surface area contributed by atoms with Gasteiger partial charge in [-0.15, -0.1) is 12.4 Å². The second-order valence-electron chi connectivity index (χ2n) is 2.98. The van der Waals surface area contributed by atoms with Crippen molar-refractivity contribution in [3.63, 3.8) is 0 Å². The van der Waals surface area contributed by atoms with Gasteiger partial charge in [0.1, 0.15) is 5.17 Å². The van der Waals surface area contributed by atoms with Crippen LogP contribution in [0.2, 0.25) is 0 Å². The monoisotopic (exact) mass is 252 g/mol. The molecule has 0 saturated heterocycles. The van der Waals surface area contributed by atoms with Crippen molar-refractivity contribution >= 4 is 34.9 Å². The number of rotatable bonds is 2. The van der Waals surface area contributed by atoms with E-state index in [0.29, 0.717) is 5.17 Å². The van der Waals surface area contributed by atoms with Gasteiger partial charge in [0.15, 0.2) is 0 Å². The Morgan fingerprint density at radius 1 is 1.06 bits per heavy atom. The van der Waals surface area contributed by atoms with E-state index >= 15 is 0 Å². The Hall–Kier alpha value is -1.38. The Labute approximate surface area is 105 Å². The van der Waals surface area contributed by atoms with Crippen molar-refractivity contribution in [2.75, 3.05) is 0 Å². The Kier molecular flexibility index (Phi) is 4.96. The first-order valence-electron chi connectivity index (χ1n) is 4.56. The van der Waals surface area contributed by atoms with Crippen molar-refractivity contribution in [3.05, 3.63) is 60.4 Å². The van der Waals surface area contributed by atoms with E-state index < -0.39 is 0 Å². The average Bonchev–Trinajstić information content (AvgIpc) is 2.31. The summed E-state index contributed by atoms with van der Waals surface area (Å²) in [5, 5.41) is 0.476. The second-order valence-corrected chi connectivity index (χ2v) is 3.34. The molecule has 0 aliphatic heterocycles. The average molecular weight is 253 g/mol. The van der Waals surface area contributed by atoms with Crippen molar-refractivity contribution in [3.8, 4) is 0 Å². The first kappa shape index (κ1) is 12.7. The molecule has 0 amide bonds. The van der Waals surface area contributed by atoms with E-state index in [1.807, 2.05) is 42.5 Å². The van der Waals surface area contributed by atoms with Crippen LogP contribution in [-0.4, -0.2) is 10.2 Å². The number of pyridine rings is 1. The molecule has 0 fully saturated rings. The molecule has 2 rings (SSSR count). The first-order chi connectivity index (χ1) is 7.36. The van der Waals surface area contributed by atoms with Crippen molar-refractivity contribution < 1.29 is 0 Å². The fourth-order valence-corrected chi connectivity index (χ4v) is 1.40. The molecule has 2 aromatic rings. The largest absolute Gasteiger partial charge is 0.262 e. The van der Waals surface area contributed by atoms with Crippen LogP contribution >= 0.6 is 24.0 Å². The summed E-state index contributed by atoms with van der Waals surface area (Å²) in [4.78, 5) is 8.21. The Bertz CT molecular complexity index is 455. The fraction of sp³-hybridized carbons (Fsp3) is 0. The van der Waals surface area contributed by atoms with Gasteiger partial charge < -0.3 is 0 Å². The molecule has 0 unspecified atom stereocenters. The lowest BCUT2D eigenvalue weighted by Crippen LogP contribution is -1.89. The Morgan fingerprint density at radius 3 is 2.44 bits per heavy atom. The van der Waals surface area contributed by atoms with Crippen LogP contribution in [-0.2, 0) is 0 Å². The van der Waals surface area contributed by atoms with Gasteiger partial charge in [-0.05, 0) is 12.1 Å². The predicted molar refractivity (Wildman–Crippen MR) is 70.0 cm³/mol. The zero-order valence-corrected chi connectivity index (χ0v) is 9.95. The Morgan fingerprint density at radius 2 is 1.81 bits per heavy atom. The van der Waals surface area contributed by atoms with Crippen molar-refractivity contribution in [2.24, 2.45) is 4.99 Å². The molecular formula is C12H10Cl2N2. The van der Waals surface area contributed by atoms with Gasteiger partial charge in [0, 0.05) is 11.8 Å². The van der Waals surface area contributed by atoms with E-state index in [9.17, 15) is 0 Å². The minimum atomic E-state index is 0. The lowest BCUT2D eigenvalue weighted by atomic mass is 10.2. The third-order valence-electron chi connectivity index (χ3n) is 1.89. The van der Waals surface area contributed by atoms with Crippen LogP contribution in [0.25, 0.3) is 0 Å². The summed E-state index contributed by atoms with van der Waals surface area (Å²) in [7, 11) is 0. The molecule has 0 radical (unpaired) electrons. The highest BCUT2D eigenvalue weighted by atomic mass is 35.5. The van der Waals surface area contributed by atoms with E-state index in [4.69, 9.17) is 11.6 Å². The number of nitrogens with zero attached hydrogens (tertiary/aromatic N) is 2.